The molecule has 1 N–H and O–H groups in total. The number of imide groups is 1. The van der Waals surface area contributed by atoms with Gasteiger partial charge in [-0.15, -0.1) is 0 Å². The van der Waals surface area contributed by atoms with Gasteiger partial charge in [0.1, 0.15) is 28.0 Å². The Morgan fingerprint density at radius 3 is 2.22 bits per heavy atom. The molecule has 0 saturated carbocycles. The van der Waals surface area contributed by atoms with Gasteiger partial charge in [-0.05, 0) is 61.9 Å². The van der Waals surface area contributed by atoms with Gasteiger partial charge in [-0.3, -0.25) is 9.59 Å². The molecule has 2 amide bonds. The molecule has 184 valence electrons. The van der Waals surface area contributed by atoms with Crippen molar-refractivity contribution in [3.63, 3.8) is 0 Å². The number of aryl methyl sites for hydroxylation is 2. The van der Waals surface area contributed by atoms with Gasteiger partial charge in [-0.1, -0.05) is 29.3 Å². The van der Waals surface area contributed by atoms with Crippen molar-refractivity contribution in [2.45, 2.75) is 13.8 Å². The van der Waals surface area contributed by atoms with Gasteiger partial charge in [0, 0.05) is 11.8 Å². The summed E-state index contributed by atoms with van der Waals surface area (Å²) < 4.78 is 16.0. The van der Waals surface area contributed by atoms with Gasteiger partial charge in [0.15, 0.2) is 0 Å². The molecule has 36 heavy (non-hydrogen) atoms. The monoisotopic (exact) mass is 506 g/mol. The van der Waals surface area contributed by atoms with E-state index in [-0.39, 0.29) is 22.2 Å². The maximum Gasteiger partial charge on any atom is 0.343 e. The summed E-state index contributed by atoms with van der Waals surface area (Å²) in [5, 5.41) is 2.61. The molecule has 0 aromatic heterocycles. The lowest BCUT2D eigenvalue weighted by molar-refractivity contribution is -0.120. The van der Waals surface area contributed by atoms with Crippen LogP contribution in [0.15, 0.2) is 71.4 Å². The highest BCUT2D eigenvalue weighted by Crippen LogP contribution is 2.37. The number of benzene rings is 3. The summed E-state index contributed by atoms with van der Waals surface area (Å²) in [6.07, 6.45) is 0. The molecule has 1 heterocycles. The van der Waals surface area contributed by atoms with E-state index in [1.54, 1.807) is 42.5 Å². The first-order chi connectivity index (χ1) is 17.2. The van der Waals surface area contributed by atoms with Crippen LogP contribution in [-0.2, 0) is 9.59 Å². The summed E-state index contributed by atoms with van der Waals surface area (Å²) in [7, 11) is 2.92. The van der Waals surface area contributed by atoms with Gasteiger partial charge in [-0.2, -0.15) is 0 Å². The molecule has 1 aliphatic heterocycles. The molecule has 0 radical (unpaired) electrons. The number of rotatable bonds is 7. The van der Waals surface area contributed by atoms with Crippen molar-refractivity contribution in [2.24, 2.45) is 0 Å². The zero-order chi connectivity index (χ0) is 26.0. The van der Waals surface area contributed by atoms with Crippen LogP contribution in [0.2, 0.25) is 0 Å². The second kappa shape index (κ2) is 10.1. The largest absolute Gasteiger partial charge is 0.497 e. The fourth-order valence-corrected chi connectivity index (χ4v) is 3.92. The quantitative estimate of drug-likeness (QED) is 0.274. The number of amides is 2. The lowest BCUT2D eigenvalue weighted by atomic mass is 10.1. The van der Waals surface area contributed by atoms with Gasteiger partial charge in [0.05, 0.1) is 25.5 Å². The number of nitrogens with zero attached hydrogens (tertiary/aromatic N) is 1. The Hall–Kier alpha value is -4.30. The number of methoxy groups -OCH3 is 2. The Morgan fingerprint density at radius 2 is 1.58 bits per heavy atom. The molecule has 0 unspecified atom stereocenters. The SMILES string of the molecule is COc1ccc(N2C(=O)C(Cl)=C(Nc3ccc(C(=O)Oc4ccc(C)cc4C)cc3)C2=O)c(OC)c1. The number of halogens is 1. The number of carbonyl (C=O) groups is 3. The molecule has 4 rings (SSSR count). The lowest BCUT2D eigenvalue weighted by Gasteiger charge is -2.18. The van der Waals surface area contributed by atoms with Gasteiger partial charge in [0.25, 0.3) is 11.8 Å². The van der Waals surface area contributed by atoms with E-state index in [1.165, 1.54) is 20.3 Å². The molecule has 0 bridgehead atoms. The number of nitrogens with one attached hydrogen (secondary N) is 1. The number of ether oxygens (including phenoxy) is 3. The fourth-order valence-electron chi connectivity index (χ4n) is 3.71. The van der Waals surface area contributed by atoms with E-state index in [9.17, 15) is 14.4 Å². The first-order valence-electron chi connectivity index (χ1n) is 10.9. The predicted octanol–water partition coefficient (Wildman–Crippen LogP) is 4.98. The van der Waals surface area contributed by atoms with Crippen molar-refractivity contribution in [3.8, 4) is 17.2 Å². The van der Waals surface area contributed by atoms with Crippen molar-refractivity contribution in [1.82, 2.24) is 0 Å². The third-order valence-electron chi connectivity index (χ3n) is 5.58. The van der Waals surface area contributed by atoms with Crippen LogP contribution >= 0.6 is 11.6 Å². The highest BCUT2D eigenvalue weighted by Gasteiger charge is 2.40. The minimum atomic E-state index is -0.693. The molecule has 0 aliphatic carbocycles. The maximum absolute atomic E-state index is 13.1. The molecule has 1 aliphatic rings. The standard InChI is InChI=1S/C27H23ClN2O6/c1-15-5-12-21(16(2)13-15)36-27(33)17-6-8-18(9-7-17)29-24-23(28)25(31)30(26(24)32)20-11-10-19(34-3)14-22(20)35-4/h5-14,29H,1-4H3. The van der Waals surface area contributed by atoms with Crippen LogP contribution in [0.25, 0.3) is 0 Å². The molecular formula is C27H23ClN2O6. The van der Waals surface area contributed by atoms with E-state index in [4.69, 9.17) is 25.8 Å². The normalized spacial score (nSPS) is 13.2. The Morgan fingerprint density at radius 1 is 0.861 bits per heavy atom. The van der Waals surface area contributed by atoms with E-state index in [0.29, 0.717) is 22.7 Å². The number of carbonyl (C=O) groups excluding carboxylic acids is 3. The Kier molecular flexibility index (Phi) is 6.98. The van der Waals surface area contributed by atoms with Crippen LogP contribution in [0.1, 0.15) is 21.5 Å². The molecule has 9 heteroatoms. The summed E-state index contributed by atoms with van der Waals surface area (Å²) >= 11 is 6.24. The van der Waals surface area contributed by atoms with Crippen LogP contribution in [0.4, 0.5) is 11.4 Å². The molecular weight excluding hydrogens is 484 g/mol. The summed E-state index contributed by atoms with van der Waals surface area (Å²) in [4.78, 5) is 39.4. The third kappa shape index (κ3) is 4.76. The molecule has 0 saturated heterocycles. The molecule has 8 nitrogen and oxygen atoms in total. The smallest absolute Gasteiger partial charge is 0.343 e. The van der Waals surface area contributed by atoms with Crippen molar-refractivity contribution in [3.05, 3.63) is 88.1 Å². The van der Waals surface area contributed by atoms with Crippen LogP contribution in [0.5, 0.6) is 17.2 Å². The first-order valence-corrected chi connectivity index (χ1v) is 11.3. The summed E-state index contributed by atoms with van der Waals surface area (Å²) in [6, 6.07) is 16.5. The van der Waals surface area contributed by atoms with E-state index in [2.05, 4.69) is 5.32 Å². The molecule has 3 aromatic rings. The number of esters is 1. The number of hydrogen-bond donors (Lipinski definition) is 1. The Bertz CT molecular complexity index is 1400. The van der Waals surface area contributed by atoms with Gasteiger partial charge < -0.3 is 19.5 Å². The maximum atomic E-state index is 13.1. The fraction of sp³-hybridized carbons (Fsp3) is 0.148. The highest BCUT2D eigenvalue weighted by atomic mass is 35.5. The predicted molar refractivity (Wildman–Crippen MR) is 136 cm³/mol. The van der Waals surface area contributed by atoms with Crippen LogP contribution in [-0.4, -0.2) is 32.0 Å². The van der Waals surface area contributed by atoms with E-state index in [0.717, 1.165) is 16.0 Å². The average Bonchev–Trinajstić information content (AvgIpc) is 3.08. The Labute approximate surface area is 213 Å². The molecule has 0 fully saturated rings. The van der Waals surface area contributed by atoms with Gasteiger partial charge in [0.2, 0.25) is 0 Å². The van der Waals surface area contributed by atoms with Crippen molar-refractivity contribution in [2.75, 3.05) is 24.4 Å². The van der Waals surface area contributed by atoms with E-state index in [1.807, 2.05) is 26.0 Å². The second-order valence-electron chi connectivity index (χ2n) is 8.03. The van der Waals surface area contributed by atoms with Gasteiger partial charge in [-0.25, -0.2) is 9.69 Å². The zero-order valence-corrected chi connectivity index (χ0v) is 20.8. The summed E-state index contributed by atoms with van der Waals surface area (Å²) in [5.74, 6) is -0.602. The third-order valence-corrected chi connectivity index (χ3v) is 5.93. The van der Waals surface area contributed by atoms with Crippen LogP contribution in [0.3, 0.4) is 0 Å². The van der Waals surface area contributed by atoms with Crippen molar-refractivity contribution >= 4 is 40.8 Å². The Balaban J connectivity index is 1.51. The van der Waals surface area contributed by atoms with Crippen LogP contribution < -0.4 is 24.4 Å². The topological polar surface area (TPSA) is 94.2 Å². The number of hydrogen-bond acceptors (Lipinski definition) is 7. The molecule has 0 atom stereocenters. The number of anilines is 2. The van der Waals surface area contributed by atoms with Crippen molar-refractivity contribution < 1.29 is 28.6 Å². The average molecular weight is 507 g/mol. The highest BCUT2D eigenvalue weighted by molar-refractivity contribution is 6.53. The molecule has 3 aromatic carbocycles. The van der Waals surface area contributed by atoms with E-state index >= 15 is 0 Å². The minimum Gasteiger partial charge on any atom is -0.497 e. The molecule has 0 spiro atoms. The summed E-state index contributed by atoms with van der Waals surface area (Å²) in [5.41, 5.74) is 2.83. The minimum absolute atomic E-state index is 0.0925. The first kappa shape index (κ1) is 24.8. The van der Waals surface area contributed by atoms with E-state index < -0.39 is 17.8 Å². The second-order valence-corrected chi connectivity index (χ2v) is 8.41. The van der Waals surface area contributed by atoms with Gasteiger partial charge >= 0.3 is 5.97 Å². The van der Waals surface area contributed by atoms with Crippen molar-refractivity contribution in [1.29, 1.82) is 0 Å². The van der Waals surface area contributed by atoms with Crippen LogP contribution in [0, 0.1) is 13.8 Å². The zero-order valence-electron chi connectivity index (χ0n) is 20.0. The lowest BCUT2D eigenvalue weighted by Crippen LogP contribution is -2.32. The summed E-state index contributed by atoms with van der Waals surface area (Å²) in [6.45, 7) is 3.83.